The monoisotopic (exact) mass is 376 g/mol. The van der Waals surface area contributed by atoms with E-state index in [2.05, 4.69) is 11.0 Å². The molecule has 1 aliphatic heterocycles. The van der Waals surface area contributed by atoms with Gasteiger partial charge in [0.05, 0.1) is 10.0 Å². The predicted molar refractivity (Wildman–Crippen MR) is 104 cm³/mol. The lowest BCUT2D eigenvalue weighted by Crippen LogP contribution is -2.48. The van der Waals surface area contributed by atoms with Gasteiger partial charge in [0.1, 0.15) is 0 Å². The molecule has 0 spiro atoms. The second-order valence-corrected chi connectivity index (χ2v) is 7.45. The summed E-state index contributed by atoms with van der Waals surface area (Å²) < 4.78 is 0. The minimum absolute atomic E-state index is 0.131. The van der Waals surface area contributed by atoms with E-state index in [1.54, 1.807) is 0 Å². The van der Waals surface area contributed by atoms with Crippen LogP contribution in [0.3, 0.4) is 0 Å². The molecular weight excluding hydrogens is 355 g/mol. The Morgan fingerprint density at radius 1 is 0.960 bits per heavy atom. The summed E-state index contributed by atoms with van der Waals surface area (Å²) in [6.45, 7) is 8.07. The SMILES string of the molecule is Cc1ccc(C(=O)N2CCN(Cc3ccc(Cl)c(Cl)c3)CC2)c(C)c1. The largest absolute Gasteiger partial charge is 0.336 e. The molecule has 2 aromatic carbocycles. The smallest absolute Gasteiger partial charge is 0.254 e. The zero-order valence-electron chi connectivity index (χ0n) is 14.6. The zero-order valence-corrected chi connectivity index (χ0v) is 16.1. The number of aryl methyl sites for hydroxylation is 2. The molecule has 1 amide bonds. The Labute approximate surface area is 159 Å². The molecule has 3 rings (SSSR count). The molecule has 25 heavy (non-hydrogen) atoms. The van der Waals surface area contributed by atoms with E-state index < -0.39 is 0 Å². The van der Waals surface area contributed by atoms with Crippen molar-refractivity contribution < 1.29 is 4.79 Å². The quantitative estimate of drug-likeness (QED) is 0.783. The molecule has 0 radical (unpaired) electrons. The van der Waals surface area contributed by atoms with Crippen LogP contribution in [0, 0.1) is 13.8 Å². The van der Waals surface area contributed by atoms with Crippen molar-refractivity contribution in [2.45, 2.75) is 20.4 Å². The van der Waals surface area contributed by atoms with Gasteiger partial charge in [-0.2, -0.15) is 0 Å². The first-order chi connectivity index (χ1) is 11.9. The minimum atomic E-state index is 0.131. The Balaban J connectivity index is 1.59. The van der Waals surface area contributed by atoms with Crippen molar-refractivity contribution in [3.8, 4) is 0 Å². The normalized spacial score (nSPS) is 15.4. The van der Waals surface area contributed by atoms with Crippen LogP contribution >= 0.6 is 23.2 Å². The van der Waals surface area contributed by atoms with Crippen molar-refractivity contribution >= 4 is 29.1 Å². The third kappa shape index (κ3) is 4.35. The fourth-order valence-corrected chi connectivity index (χ4v) is 3.55. The van der Waals surface area contributed by atoms with Gasteiger partial charge in [-0.3, -0.25) is 9.69 Å². The molecule has 0 aromatic heterocycles. The van der Waals surface area contributed by atoms with Crippen LogP contribution in [0.2, 0.25) is 10.0 Å². The molecule has 2 aromatic rings. The highest BCUT2D eigenvalue weighted by atomic mass is 35.5. The number of hydrogen-bond donors (Lipinski definition) is 0. The van der Waals surface area contributed by atoms with Gasteiger partial charge in [0.2, 0.25) is 0 Å². The maximum absolute atomic E-state index is 12.8. The predicted octanol–water partition coefficient (Wildman–Crippen LogP) is 4.57. The van der Waals surface area contributed by atoms with Crippen LogP contribution in [0.25, 0.3) is 0 Å². The standard InChI is InChI=1S/C20H22Cl2N2O/c1-14-3-5-17(15(2)11-14)20(25)24-9-7-23(8-10-24)13-16-4-6-18(21)19(22)12-16/h3-6,11-12H,7-10,13H2,1-2H3. The maximum Gasteiger partial charge on any atom is 0.254 e. The lowest BCUT2D eigenvalue weighted by atomic mass is 10.0. The lowest BCUT2D eigenvalue weighted by molar-refractivity contribution is 0.0628. The molecule has 5 heteroatoms. The van der Waals surface area contributed by atoms with Crippen molar-refractivity contribution in [1.29, 1.82) is 0 Å². The number of hydrogen-bond acceptors (Lipinski definition) is 2. The van der Waals surface area contributed by atoms with E-state index >= 15 is 0 Å². The molecule has 0 atom stereocenters. The van der Waals surface area contributed by atoms with Gasteiger partial charge in [0.25, 0.3) is 5.91 Å². The van der Waals surface area contributed by atoms with Gasteiger partial charge in [0, 0.05) is 38.3 Å². The van der Waals surface area contributed by atoms with Crippen molar-refractivity contribution in [2.75, 3.05) is 26.2 Å². The summed E-state index contributed by atoms with van der Waals surface area (Å²) >= 11 is 12.1. The third-order valence-electron chi connectivity index (χ3n) is 4.66. The summed E-state index contributed by atoms with van der Waals surface area (Å²) in [5.74, 6) is 0.131. The van der Waals surface area contributed by atoms with Crippen molar-refractivity contribution in [3.05, 3.63) is 68.7 Å². The number of benzene rings is 2. The van der Waals surface area contributed by atoms with E-state index in [1.807, 2.05) is 49.1 Å². The van der Waals surface area contributed by atoms with Crippen molar-refractivity contribution in [3.63, 3.8) is 0 Å². The molecular formula is C20H22Cl2N2O. The molecule has 1 fully saturated rings. The molecule has 1 saturated heterocycles. The number of carbonyl (C=O) groups excluding carboxylic acids is 1. The van der Waals surface area contributed by atoms with E-state index in [0.717, 1.165) is 49.4 Å². The molecule has 0 aliphatic carbocycles. The van der Waals surface area contributed by atoms with Crippen LogP contribution < -0.4 is 0 Å². The first-order valence-corrected chi connectivity index (χ1v) is 9.22. The summed E-state index contributed by atoms with van der Waals surface area (Å²) in [5.41, 5.74) is 4.18. The second kappa shape index (κ2) is 7.77. The number of halogens is 2. The van der Waals surface area contributed by atoms with Crippen LogP contribution in [0.5, 0.6) is 0 Å². The van der Waals surface area contributed by atoms with E-state index in [-0.39, 0.29) is 5.91 Å². The van der Waals surface area contributed by atoms with Crippen molar-refractivity contribution in [1.82, 2.24) is 9.80 Å². The van der Waals surface area contributed by atoms with Crippen LogP contribution in [0.15, 0.2) is 36.4 Å². The second-order valence-electron chi connectivity index (χ2n) is 6.64. The van der Waals surface area contributed by atoms with Gasteiger partial charge >= 0.3 is 0 Å². The van der Waals surface area contributed by atoms with Gasteiger partial charge in [-0.1, -0.05) is 47.0 Å². The number of rotatable bonds is 3. The zero-order chi connectivity index (χ0) is 18.0. The molecule has 3 nitrogen and oxygen atoms in total. The van der Waals surface area contributed by atoms with E-state index in [0.29, 0.717) is 10.0 Å². The Hall–Kier alpha value is -1.55. The molecule has 1 aliphatic rings. The number of piperazine rings is 1. The van der Waals surface area contributed by atoms with Crippen LogP contribution in [0.4, 0.5) is 0 Å². The molecule has 0 unspecified atom stereocenters. The van der Waals surface area contributed by atoms with Gasteiger partial charge < -0.3 is 4.90 Å². The summed E-state index contributed by atoms with van der Waals surface area (Å²) in [6, 6.07) is 11.8. The Kier molecular flexibility index (Phi) is 5.67. The fraction of sp³-hybridized carbons (Fsp3) is 0.350. The summed E-state index contributed by atoms with van der Waals surface area (Å²) in [6.07, 6.45) is 0. The van der Waals surface area contributed by atoms with Gasteiger partial charge in [-0.15, -0.1) is 0 Å². The van der Waals surface area contributed by atoms with E-state index in [9.17, 15) is 4.79 Å². The van der Waals surface area contributed by atoms with Crippen molar-refractivity contribution in [2.24, 2.45) is 0 Å². The summed E-state index contributed by atoms with van der Waals surface area (Å²) in [4.78, 5) is 17.0. The van der Waals surface area contributed by atoms with Gasteiger partial charge in [0.15, 0.2) is 0 Å². The number of nitrogens with zero attached hydrogens (tertiary/aromatic N) is 2. The molecule has 0 saturated carbocycles. The average molecular weight is 377 g/mol. The fourth-order valence-electron chi connectivity index (χ4n) is 3.23. The first-order valence-electron chi connectivity index (χ1n) is 8.47. The third-order valence-corrected chi connectivity index (χ3v) is 5.40. The molecule has 132 valence electrons. The minimum Gasteiger partial charge on any atom is -0.336 e. The van der Waals surface area contributed by atoms with Gasteiger partial charge in [-0.25, -0.2) is 0 Å². The summed E-state index contributed by atoms with van der Waals surface area (Å²) in [7, 11) is 0. The van der Waals surface area contributed by atoms with E-state index in [1.165, 1.54) is 5.56 Å². The highest BCUT2D eigenvalue weighted by molar-refractivity contribution is 6.42. The average Bonchev–Trinajstić information content (AvgIpc) is 2.58. The van der Waals surface area contributed by atoms with Crippen LogP contribution in [-0.2, 0) is 6.54 Å². The molecule has 0 bridgehead atoms. The number of amides is 1. The Morgan fingerprint density at radius 2 is 1.68 bits per heavy atom. The topological polar surface area (TPSA) is 23.6 Å². The summed E-state index contributed by atoms with van der Waals surface area (Å²) in [5, 5.41) is 1.16. The highest BCUT2D eigenvalue weighted by Crippen LogP contribution is 2.23. The Morgan fingerprint density at radius 3 is 2.32 bits per heavy atom. The van der Waals surface area contributed by atoms with Crippen LogP contribution in [-0.4, -0.2) is 41.9 Å². The maximum atomic E-state index is 12.8. The number of carbonyl (C=O) groups is 1. The first kappa shape index (κ1) is 18.2. The van der Waals surface area contributed by atoms with Gasteiger partial charge in [-0.05, 0) is 43.2 Å². The molecule has 0 N–H and O–H groups in total. The lowest BCUT2D eigenvalue weighted by Gasteiger charge is -2.35. The van der Waals surface area contributed by atoms with Crippen LogP contribution in [0.1, 0.15) is 27.0 Å². The molecule has 1 heterocycles. The highest BCUT2D eigenvalue weighted by Gasteiger charge is 2.23. The Bertz CT molecular complexity index is 783. The van der Waals surface area contributed by atoms with E-state index in [4.69, 9.17) is 23.2 Å².